The summed E-state index contributed by atoms with van der Waals surface area (Å²) in [5.41, 5.74) is 0.145. The van der Waals surface area contributed by atoms with E-state index in [0.717, 1.165) is 24.6 Å². The molecule has 0 spiro atoms. The highest BCUT2D eigenvalue weighted by Crippen LogP contribution is 2.20. The molecule has 2 rings (SSSR count). The molecular weight excluding hydrogens is 392 g/mol. The van der Waals surface area contributed by atoms with Gasteiger partial charge in [0, 0.05) is 25.2 Å². The second-order valence-corrected chi connectivity index (χ2v) is 8.74. The molecule has 166 valence electrons. The van der Waals surface area contributed by atoms with E-state index in [1.807, 2.05) is 0 Å². The van der Waals surface area contributed by atoms with Gasteiger partial charge in [0.25, 0.3) is 0 Å². The number of benzene rings is 1. The summed E-state index contributed by atoms with van der Waals surface area (Å²) in [7, 11) is 1.63. The highest BCUT2D eigenvalue weighted by molar-refractivity contribution is 5.67. The van der Waals surface area contributed by atoms with Crippen LogP contribution in [-0.4, -0.2) is 33.4 Å². The van der Waals surface area contributed by atoms with Crippen molar-refractivity contribution in [3.05, 3.63) is 47.2 Å². The van der Waals surface area contributed by atoms with Gasteiger partial charge in [-0.2, -0.15) is 5.10 Å². The van der Waals surface area contributed by atoms with Gasteiger partial charge in [0.1, 0.15) is 23.8 Å². The molecule has 0 N–H and O–H groups in total. The van der Waals surface area contributed by atoms with Gasteiger partial charge in [0.05, 0.1) is 12.2 Å². The van der Waals surface area contributed by atoms with Crippen molar-refractivity contribution in [1.29, 1.82) is 0 Å². The molecule has 0 unspecified atom stereocenters. The zero-order chi connectivity index (χ0) is 22.5. The number of aromatic nitrogens is 2. The highest BCUT2D eigenvalue weighted by atomic mass is 19.1. The van der Waals surface area contributed by atoms with Gasteiger partial charge in [-0.15, -0.1) is 0 Å². The van der Waals surface area contributed by atoms with Crippen LogP contribution in [0.1, 0.15) is 52.3 Å². The summed E-state index contributed by atoms with van der Waals surface area (Å²) in [6, 6.07) is 4.96. The molecule has 1 heterocycles. The molecule has 0 atom stereocenters. The van der Waals surface area contributed by atoms with E-state index in [2.05, 4.69) is 18.9 Å². The van der Waals surface area contributed by atoms with Crippen molar-refractivity contribution in [1.82, 2.24) is 14.7 Å². The van der Waals surface area contributed by atoms with Crippen LogP contribution >= 0.6 is 0 Å². The minimum Gasteiger partial charge on any atom is -0.473 e. The van der Waals surface area contributed by atoms with E-state index in [-0.39, 0.29) is 18.7 Å². The zero-order valence-electron chi connectivity index (χ0n) is 18.5. The lowest BCUT2D eigenvalue weighted by Gasteiger charge is -2.24. The first-order valence-corrected chi connectivity index (χ1v) is 10.0. The van der Waals surface area contributed by atoms with Crippen molar-refractivity contribution in [3.8, 4) is 5.88 Å². The molecule has 0 aliphatic heterocycles. The lowest BCUT2D eigenvalue weighted by Crippen LogP contribution is -2.33. The van der Waals surface area contributed by atoms with Gasteiger partial charge in [-0.05, 0) is 51.3 Å². The van der Waals surface area contributed by atoms with E-state index >= 15 is 0 Å². The lowest BCUT2D eigenvalue weighted by molar-refractivity contribution is 0.0283. The molecule has 0 fully saturated rings. The second-order valence-electron chi connectivity index (χ2n) is 8.74. The quantitative estimate of drug-likeness (QED) is 0.589. The minimum absolute atomic E-state index is 0.124. The van der Waals surface area contributed by atoms with Crippen LogP contribution in [0, 0.1) is 17.6 Å². The van der Waals surface area contributed by atoms with Crippen molar-refractivity contribution < 1.29 is 23.0 Å². The Balaban J connectivity index is 2.14. The number of hydrogen-bond acceptors (Lipinski definition) is 4. The summed E-state index contributed by atoms with van der Waals surface area (Å²) >= 11 is 0. The molecule has 8 heteroatoms. The Morgan fingerprint density at radius 1 is 1.23 bits per heavy atom. The Morgan fingerprint density at radius 3 is 2.57 bits per heavy atom. The maximum Gasteiger partial charge on any atom is 0.410 e. The number of hydrogen-bond donors (Lipinski definition) is 0. The van der Waals surface area contributed by atoms with Crippen LogP contribution in [0.4, 0.5) is 13.6 Å². The van der Waals surface area contributed by atoms with E-state index in [0.29, 0.717) is 24.0 Å². The van der Waals surface area contributed by atoms with Gasteiger partial charge >= 0.3 is 6.09 Å². The summed E-state index contributed by atoms with van der Waals surface area (Å²) in [4.78, 5) is 13.6. The molecule has 30 heavy (non-hydrogen) atoms. The van der Waals surface area contributed by atoms with E-state index in [1.54, 1.807) is 38.6 Å². The average Bonchev–Trinajstić information content (AvgIpc) is 3.00. The van der Waals surface area contributed by atoms with Crippen molar-refractivity contribution in [3.63, 3.8) is 0 Å². The van der Waals surface area contributed by atoms with Crippen molar-refractivity contribution in [2.24, 2.45) is 5.92 Å². The highest BCUT2D eigenvalue weighted by Gasteiger charge is 2.21. The summed E-state index contributed by atoms with van der Waals surface area (Å²) in [6.45, 7) is 10.3. The zero-order valence-corrected chi connectivity index (χ0v) is 18.5. The van der Waals surface area contributed by atoms with Crippen LogP contribution in [0.5, 0.6) is 5.88 Å². The van der Waals surface area contributed by atoms with Crippen molar-refractivity contribution in [2.75, 3.05) is 7.05 Å². The average molecular weight is 424 g/mol. The number of amides is 1. The van der Waals surface area contributed by atoms with E-state index in [9.17, 15) is 13.6 Å². The van der Waals surface area contributed by atoms with Gasteiger partial charge in [-0.1, -0.05) is 13.8 Å². The monoisotopic (exact) mass is 423 g/mol. The number of carbonyl (C=O) groups excluding carboxylic acids is 1. The number of aryl methyl sites for hydroxylation is 1. The van der Waals surface area contributed by atoms with Crippen LogP contribution in [0.2, 0.25) is 0 Å². The normalized spacial score (nSPS) is 11.6. The third-order valence-electron chi connectivity index (χ3n) is 4.20. The fourth-order valence-electron chi connectivity index (χ4n) is 2.64. The molecule has 0 aliphatic carbocycles. The SMILES string of the molecule is CC(C)CCn1nc(CN(C)C(=O)OC(C)(C)C)cc1OCc1cc(F)ccc1F. The first kappa shape index (κ1) is 23.6. The molecule has 1 aromatic heterocycles. The van der Waals surface area contributed by atoms with Crippen LogP contribution < -0.4 is 4.74 Å². The molecular formula is C22H31F2N3O3. The third-order valence-corrected chi connectivity index (χ3v) is 4.20. The Bertz CT molecular complexity index is 860. The molecule has 0 radical (unpaired) electrons. The van der Waals surface area contributed by atoms with Crippen molar-refractivity contribution >= 4 is 6.09 Å². The van der Waals surface area contributed by atoms with Gasteiger partial charge in [0.15, 0.2) is 0 Å². The first-order chi connectivity index (χ1) is 13.9. The Hall–Kier alpha value is -2.64. The Kier molecular flexibility index (Phi) is 7.81. The summed E-state index contributed by atoms with van der Waals surface area (Å²) in [6.07, 6.45) is 0.414. The molecule has 1 aromatic carbocycles. The predicted octanol–water partition coefficient (Wildman–Crippen LogP) is 5.15. The third kappa shape index (κ3) is 7.31. The maximum absolute atomic E-state index is 13.9. The summed E-state index contributed by atoms with van der Waals surface area (Å²) in [5.74, 6) is -0.167. The van der Waals surface area contributed by atoms with Gasteiger partial charge in [-0.25, -0.2) is 18.3 Å². The van der Waals surface area contributed by atoms with Gasteiger partial charge in [-0.3, -0.25) is 0 Å². The number of rotatable bonds is 8. The second kappa shape index (κ2) is 9.91. The molecule has 0 bridgehead atoms. The standard InChI is InChI=1S/C22H31F2N3O3/c1-15(2)9-10-27-20(29-14-16-11-17(23)7-8-19(16)24)12-18(25-27)13-26(6)21(28)30-22(3,4)5/h7-8,11-12,15H,9-10,13-14H2,1-6H3. The van der Waals surface area contributed by atoms with Crippen LogP contribution in [0.15, 0.2) is 24.3 Å². The van der Waals surface area contributed by atoms with Crippen LogP contribution in [0.3, 0.4) is 0 Å². The number of halogens is 2. The van der Waals surface area contributed by atoms with Crippen LogP contribution in [0.25, 0.3) is 0 Å². The van der Waals surface area contributed by atoms with E-state index in [4.69, 9.17) is 9.47 Å². The topological polar surface area (TPSA) is 56.6 Å². The molecule has 6 nitrogen and oxygen atoms in total. The first-order valence-electron chi connectivity index (χ1n) is 10.0. The lowest BCUT2D eigenvalue weighted by atomic mass is 10.1. The molecule has 0 aliphatic rings. The number of carbonyl (C=O) groups is 1. The van der Waals surface area contributed by atoms with E-state index in [1.165, 1.54) is 4.90 Å². The summed E-state index contributed by atoms with van der Waals surface area (Å²) < 4.78 is 40.1. The largest absolute Gasteiger partial charge is 0.473 e. The smallest absolute Gasteiger partial charge is 0.410 e. The molecule has 0 saturated heterocycles. The molecule has 1 amide bonds. The maximum atomic E-state index is 13.9. The fourth-order valence-corrected chi connectivity index (χ4v) is 2.64. The summed E-state index contributed by atoms with van der Waals surface area (Å²) in [5, 5.41) is 4.53. The predicted molar refractivity (Wildman–Crippen MR) is 110 cm³/mol. The molecule has 2 aromatic rings. The van der Waals surface area contributed by atoms with E-state index < -0.39 is 23.3 Å². The van der Waals surface area contributed by atoms with Crippen LogP contribution in [-0.2, 0) is 24.4 Å². The Labute approximate surface area is 176 Å². The number of nitrogens with zero attached hydrogens (tertiary/aromatic N) is 3. The minimum atomic E-state index is -0.592. The fraction of sp³-hybridized carbons (Fsp3) is 0.545. The number of ether oxygens (including phenoxy) is 2. The van der Waals surface area contributed by atoms with Gasteiger partial charge in [0.2, 0.25) is 5.88 Å². The molecule has 0 saturated carbocycles. The Morgan fingerprint density at radius 2 is 1.93 bits per heavy atom. The van der Waals surface area contributed by atoms with Crippen molar-refractivity contribution in [2.45, 2.75) is 66.3 Å². The van der Waals surface area contributed by atoms with Gasteiger partial charge < -0.3 is 14.4 Å².